The molecule has 0 saturated carbocycles. The molecule has 1 aromatic heterocycles. The van der Waals surface area contributed by atoms with Gasteiger partial charge >= 0.3 is 5.97 Å². The molecular weight excluding hydrogens is 360 g/mol. The SMILES string of the molecule is CCOC(=O)C(CC)c1ccnn(Cc2cccc(Br)c2)c1=O. The molecule has 6 heteroatoms. The van der Waals surface area contributed by atoms with Crippen molar-refractivity contribution in [3.8, 4) is 0 Å². The Morgan fingerprint density at radius 2 is 2.13 bits per heavy atom. The van der Waals surface area contributed by atoms with E-state index in [1.165, 1.54) is 4.68 Å². The number of aromatic nitrogens is 2. The molecule has 2 aromatic rings. The van der Waals surface area contributed by atoms with Crippen LogP contribution in [-0.2, 0) is 16.1 Å². The van der Waals surface area contributed by atoms with Gasteiger partial charge in [0.25, 0.3) is 5.56 Å². The van der Waals surface area contributed by atoms with Crippen LogP contribution in [0.1, 0.15) is 37.3 Å². The maximum atomic E-state index is 12.6. The van der Waals surface area contributed by atoms with Crippen LogP contribution >= 0.6 is 15.9 Å². The first-order valence-corrected chi connectivity index (χ1v) is 8.33. The normalized spacial score (nSPS) is 12.0. The number of hydrogen-bond acceptors (Lipinski definition) is 4. The Labute approximate surface area is 143 Å². The summed E-state index contributed by atoms with van der Waals surface area (Å²) in [5.41, 5.74) is 1.12. The van der Waals surface area contributed by atoms with E-state index < -0.39 is 5.92 Å². The van der Waals surface area contributed by atoms with E-state index in [2.05, 4.69) is 21.0 Å². The van der Waals surface area contributed by atoms with Crippen molar-refractivity contribution in [2.75, 3.05) is 6.61 Å². The van der Waals surface area contributed by atoms with Crippen LogP contribution in [0.3, 0.4) is 0 Å². The average molecular weight is 379 g/mol. The molecule has 122 valence electrons. The predicted molar refractivity (Wildman–Crippen MR) is 91.4 cm³/mol. The molecule has 5 nitrogen and oxygen atoms in total. The fourth-order valence-corrected chi connectivity index (χ4v) is 2.86. The maximum Gasteiger partial charge on any atom is 0.313 e. The van der Waals surface area contributed by atoms with Crippen molar-refractivity contribution in [2.24, 2.45) is 0 Å². The van der Waals surface area contributed by atoms with Gasteiger partial charge in [0, 0.05) is 16.2 Å². The number of carbonyl (C=O) groups is 1. The third kappa shape index (κ3) is 4.28. The summed E-state index contributed by atoms with van der Waals surface area (Å²) in [5, 5.41) is 4.12. The molecule has 0 spiro atoms. The molecule has 23 heavy (non-hydrogen) atoms. The summed E-state index contributed by atoms with van der Waals surface area (Å²) in [7, 11) is 0. The zero-order valence-corrected chi connectivity index (χ0v) is 14.7. The van der Waals surface area contributed by atoms with Gasteiger partial charge in [-0.1, -0.05) is 35.0 Å². The minimum atomic E-state index is -0.556. The van der Waals surface area contributed by atoms with Gasteiger partial charge in [-0.2, -0.15) is 5.10 Å². The van der Waals surface area contributed by atoms with Crippen LogP contribution in [0.25, 0.3) is 0 Å². The van der Waals surface area contributed by atoms with Gasteiger partial charge in [0.2, 0.25) is 0 Å². The number of ether oxygens (including phenoxy) is 1. The summed E-state index contributed by atoms with van der Waals surface area (Å²) in [6.07, 6.45) is 2.06. The van der Waals surface area contributed by atoms with Crippen LogP contribution < -0.4 is 5.56 Å². The van der Waals surface area contributed by atoms with E-state index in [0.717, 1.165) is 10.0 Å². The van der Waals surface area contributed by atoms with E-state index in [4.69, 9.17) is 4.74 Å². The highest BCUT2D eigenvalue weighted by atomic mass is 79.9. The fourth-order valence-electron chi connectivity index (χ4n) is 2.41. The molecule has 2 rings (SSSR count). The Morgan fingerprint density at radius 1 is 1.35 bits per heavy atom. The second-order valence-corrected chi connectivity index (χ2v) is 6.01. The van der Waals surface area contributed by atoms with Crippen molar-refractivity contribution in [2.45, 2.75) is 32.7 Å². The molecule has 0 bridgehead atoms. The first-order valence-electron chi connectivity index (χ1n) is 7.53. The first-order chi connectivity index (χ1) is 11.1. The highest BCUT2D eigenvalue weighted by molar-refractivity contribution is 9.10. The minimum absolute atomic E-state index is 0.257. The lowest BCUT2D eigenvalue weighted by atomic mass is 9.98. The average Bonchev–Trinajstić information content (AvgIpc) is 2.52. The molecule has 0 N–H and O–H groups in total. The van der Waals surface area contributed by atoms with Crippen LogP contribution in [0.15, 0.2) is 45.8 Å². The summed E-state index contributed by atoms with van der Waals surface area (Å²) in [6.45, 7) is 4.26. The van der Waals surface area contributed by atoms with E-state index in [1.54, 1.807) is 19.2 Å². The summed E-state index contributed by atoms with van der Waals surface area (Å²) in [5.74, 6) is -0.925. The number of rotatable bonds is 6. The molecular formula is C17H19BrN2O3. The number of hydrogen-bond donors (Lipinski definition) is 0. The Morgan fingerprint density at radius 3 is 2.78 bits per heavy atom. The standard InChI is InChI=1S/C17H19BrN2O3/c1-3-14(17(22)23-4-2)15-8-9-19-20(16(15)21)11-12-6-5-7-13(18)10-12/h5-10,14H,3-4,11H2,1-2H3. The Hall–Kier alpha value is -1.95. The number of halogens is 1. The van der Waals surface area contributed by atoms with Crippen molar-refractivity contribution in [1.82, 2.24) is 9.78 Å². The Kier molecular flexibility index (Phi) is 6.10. The van der Waals surface area contributed by atoms with E-state index in [9.17, 15) is 9.59 Å². The van der Waals surface area contributed by atoms with Crippen molar-refractivity contribution in [1.29, 1.82) is 0 Å². The lowest BCUT2D eigenvalue weighted by molar-refractivity contribution is -0.145. The van der Waals surface area contributed by atoms with Gasteiger partial charge in [-0.3, -0.25) is 9.59 Å². The second-order valence-electron chi connectivity index (χ2n) is 5.09. The lowest BCUT2D eigenvalue weighted by Gasteiger charge is -2.14. The van der Waals surface area contributed by atoms with Crippen LogP contribution in [0.2, 0.25) is 0 Å². The van der Waals surface area contributed by atoms with Crippen molar-refractivity contribution >= 4 is 21.9 Å². The quantitative estimate of drug-likeness (QED) is 0.724. The van der Waals surface area contributed by atoms with Gasteiger partial charge in [-0.15, -0.1) is 0 Å². The first kappa shape index (κ1) is 17.4. The molecule has 1 unspecified atom stereocenters. The zero-order chi connectivity index (χ0) is 16.8. The number of esters is 1. The van der Waals surface area contributed by atoms with E-state index in [1.807, 2.05) is 31.2 Å². The van der Waals surface area contributed by atoms with Crippen molar-refractivity contribution < 1.29 is 9.53 Å². The minimum Gasteiger partial charge on any atom is -0.466 e. The van der Waals surface area contributed by atoms with E-state index in [-0.39, 0.29) is 11.5 Å². The monoisotopic (exact) mass is 378 g/mol. The zero-order valence-electron chi connectivity index (χ0n) is 13.2. The molecule has 0 radical (unpaired) electrons. The summed E-state index contributed by atoms with van der Waals surface area (Å²) in [4.78, 5) is 24.7. The maximum absolute atomic E-state index is 12.6. The highest BCUT2D eigenvalue weighted by Gasteiger charge is 2.23. The molecule has 0 aliphatic heterocycles. The van der Waals surface area contributed by atoms with E-state index >= 15 is 0 Å². The van der Waals surface area contributed by atoms with Gasteiger partial charge in [-0.25, -0.2) is 4.68 Å². The number of carbonyl (C=O) groups excluding carboxylic acids is 1. The van der Waals surface area contributed by atoms with Gasteiger partial charge in [-0.05, 0) is 37.1 Å². The predicted octanol–water partition coefficient (Wildman–Crippen LogP) is 3.11. The second kappa shape index (κ2) is 8.06. The topological polar surface area (TPSA) is 61.2 Å². The van der Waals surface area contributed by atoms with Crippen LogP contribution in [0.5, 0.6) is 0 Å². The highest BCUT2D eigenvalue weighted by Crippen LogP contribution is 2.18. The number of nitrogens with zero attached hydrogens (tertiary/aromatic N) is 2. The van der Waals surface area contributed by atoms with Crippen LogP contribution in [0.4, 0.5) is 0 Å². The molecule has 0 fully saturated rings. The van der Waals surface area contributed by atoms with Crippen molar-refractivity contribution in [3.63, 3.8) is 0 Å². The molecule has 1 aromatic carbocycles. The molecule has 0 aliphatic carbocycles. The van der Waals surface area contributed by atoms with Crippen LogP contribution in [-0.4, -0.2) is 22.4 Å². The summed E-state index contributed by atoms with van der Waals surface area (Å²) < 4.78 is 7.38. The number of benzene rings is 1. The van der Waals surface area contributed by atoms with E-state index in [0.29, 0.717) is 25.1 Å². The molecule has 1 heterocycles. The molecule has 0 aliphatic rings. The van der Waals surface area contributed by atoms with Crippen LogP contribution in [0, 0.1) is 0 Å². The van der Waals surface area contributed by atoms with Crippen molar-refractivity contribution in [3.05, 3.63) is 62.5 Å². The van der Waals surface area contributed by atoms with Gasteiger partial charge in [0.05, 0.1) is 19.1 Å². The third-order valence-electron chi connectivity index (χ3n) is 3.52. The summed E-state index contributed by atoms with van der Waals surface area (Å²) >= 11 is 3.41. The smallest absolute Gasteiger partial charge is 0.313 e. The Balaban J connectivity index is 2.34. The Bertz CT molecular complexity index is 743. The summed E-state index contributed by atoms with van der Waals surface area (Å²) in [6, 6.07) is 9.29. The van der Waals surface area contributed by atoms with Gasteiger partial charge in [0.1, 0.15) is 0 Å². The third-order valence-corrected chi connectivity index (χ3v) is 4.01. The lowest BCUT2D eigenvalue weighted by Crippen LogP contribution is -2.30. The fraction of sp³-hybridized carbons (Fsp3) is 0.353. The molecule has 0 amide bonds. The molecule has 0 saturated heterocycles. The van der Waals surface area contributed by atoms with Gasteiger partial charge in [0.15, 0.2) is 0 Å². The molecule has 1 atom stereocenters. The van der Waals surface area contributed by atoms with Gasteiger partial charge < -0.3 is 4.74 Å². The largest absolute Gasteiger partial charge is 0.466 e.